The van der Waals surface area contributed by atoms with Gasteiger partial charge in [-0.3, -0.25) is 4.79 Å². The molecule has 0 aromatic carbocycles. The number of nitrogens with zero attached hydrogens (tertiary/aromatic N) is 1. The molecule has 0 radical (unpaired) electrons. The minimum Gasteiger partial charge on any atom is -0.338 e. The van der Waals surface area contributed by atoms with Gasteiger partial charge in [-0.15, -0.1) is 12.4 Å². The van der Waals surface area contributed by atoms with Crippen LogP contribution in [0.3, 0.4) is 0 Å². The van der Waals surface area contributed by atoms with E-state index >= 15 is 0 Å². The zero-order chi connectivity index (χ0) is 9.97. The van der Waals surface area contributed by atoms with Crippen molar-refractivity contribution in [3.05, 3.63) is 11.6 Å². The third-order valence-corrected chi connectivity index (χ3v) is 3.23. The average Bonchev–Trinajstić information content (AvgIpc) is 2.59. The zero-order valence-corrected chi connectivity index (χ0v) is 9.98. The third kappa shape index (κ3) is 2.95. The van der Waals surface area contributed by atoms with Crippen LogP contribution in [0.2, 0.25) is 0 Å². The summed E-state index contributed by atoms with van der Waals surface area (Å²) in [4.78, 5) is 13.7. The van der Waals surface area contributed by atoms with Crippen molar-refractivity contribution in [3.63, 3.8) is 0 Å². The molecule has 1 saturated carbocycles. The van der Waals surface area contributed by atoms with Crippen molar-refractivity contribution in [1.82, 2.24) is 10.2 Å². The predicted octanol–water partition coefficient (Wildman–Crippen LogP) is 1.34. The molecular weight excluding hydrogens is 212 g/mol. The summed E-state index contributed by atoms with van der Waals surface area (Å²) in [7, 11) is 1.96. The first kappa shape index (κ1) is 12.5. The number of hydrogen-bond donors (Lipinski definition) is 1. The standard InChI is InChI=1S/C11H18N2O.ClH/c1-12-10-5-6-13(8-10)11(14)7-9-3-2-4-9;/h7,10,12H,2-6,8H2,1H3;1H. The first-order valence-electron chi connectivity index (χ1n) is 5.45. The average molecular weight is 231 g/mol. The number of allylic oxidation sites excluding steroid dienone is 1. The van der Waals surface area contributed by atoms with Crippen molar-refractivity contribution >= 4 is 18.3 Å². The fraction of sp³-hybridized carbons (Fsp3) is 0.727. The maximum atomic E-state index is 11.7. The third-order valence-electron chi connectivity index (χ3n) is 3.23. The Labute approximate surface area is 97.3 Å². The molecule has 3 nitrogen and oxygen atoms in total. The highest BCUT2D eigenvalue weighted by molar-refractivity contribution is 5.88. The van der Waals surface area contributed by atoms with Gasteiger partial charge in [-0.1, -0.05) is 5.57 Å². The van der Waals surface area contributed by atoms with Gasteiger partial charge in [0.15, 0.2) is 0 Å². The van der Waals surface area contributed by atoms with Gasteiger partial charge in [0.25, 0.3) is 0 Å². The summed E-state index contributed by atoms with van der Waals surface area (Å²) >= 11 is 0. The quantitative estimate of drug-likeness (QED) is 0.727. The van der Waals surface area contributed by atoms with Gasteiger partial charge in [0.1, 0.15) is 0 Å². The number of rotatable bonds is 2. The molecular formula is C11H19ClN2O. The van der Waals surface area contributed by atoms with Crippen LogP contribution in [0.15, 0.2) is 11.6 Å². The van der Waals surface area contributed by atoms with Crippen molar-refractivity contribution in [2.75, 3.05) is 20.1 Å². The summed E-state index contributed by atoms with van der Waals surface area (Å²) in [5.74, 6) is 0.220. The molecule has 1 heterocycles. The molecule has 15 heavy (non-hydrogen) atoms. The Morgan fingerprint density at radius 2 is 2.27 bits per heavy atom. The zero-order valence-electron chi connectivity index (χ0n) is 9.16. The fourth-order valence-electron chi connectivity index (χ4n) is 1.99. The van der Waals surface area contributed by atoms with Crippen LogP contribution in [0.4, 0.5) is 0 Å². The lowest BCUT2D eigenvalue weighted by atomic mass is 9.92. The summed E-state index contributed by atoms with van der Waals surface area (Å²) in [6, 6.07) is 0.499. The lowest BCUT2D eigenvalue weighted by molar-refractivity contribution is -0.125. The number of carbonyl (C=O) groups excluding carboxylic acids is 1. The van der Waals surface area contributed by atoms with Gasteiger partial charge in [-0.25, -0.2) is 0 Å². The smallest absolute Gasteiger partial charge is 0.246 e. The highest BCUT2D eigenvalue weighted by atomic mass is 35.5. The molecule has 0 bridgehead atoms. The summed E-state index contributed by atoms with van der Waals surface area (Å²) in [5, 5.41) is 3.22. The van der Waals surface area contributed by atoms with Gasteiger partial charge in [0, 0.05) is 25.2 Å². The number of likely N-dealkylation sites (N-methyl/N-ethyl adjacent to an activating group) is 1. The predicted molar refractivity (Wildman–Crippen MR) is 63.2 cm³/mol. The van der Waals surface area contributed by atoms with Crippen molar-refractivity contribution in [3.8, 4) is 0 Å². The largest absolute Gasteiger partial charge is 0.338 e. The number of carbonyl (C=O) groups is 1. The summed E-state index contributed by atoms with van der Waals surface area (Å²) in [6.07, 6.45) is 6.47. The van der Waals surface area contributed by atoms with Gasteiger partial charge in [0.2, 0.25) is 5.91 Å². The van der Waals surface area contributed by atoms with Gasteiger partial charge in [-0.2, -0.15) is 0 Å². The van der Waals surface area contributed by atoms with Crippen LogP contribution in [0.25, 0.3) is 0 Å². The van der Waals surface area contributed by atoms with Crippen molar-refractivity contribution in [2.24, 2.45) is 0 Å². The van der Waals surface area contributed by atoms with Gasteiger partial charge in [0.05, 0.1) is 0 Å². The summed E-state index contributed by atoms with van der Waals surface area (Å²) in [5.41, 5.74) is 1.34. The maximum absolute atomic E-state index is 11.7. The Balaban J connectivity index is 0.00000112. The number of amides is 1. The van der Waals surface area contributed by atoms with E-state index in [0.29, 0.717) is 6.04 Å². The Kier molecular flexibility index (Phi) is 4.61. The molecule has 86 valence electrons. The van der Waals surface area contributed by atoms with E-state index < -0.39 is 0 Å². The van der Waals surface area contributed by atoms with Crippen LogP contribution in [0, 0.1) is 0 Å². The molecule has 1 aliphatic heterocycles. The van der Waals surface area contributed by atoms with E-state index in [-0.39, 0.29) is 18.3 Å². The van der Waals surface area contributed by atoms with Gasteiger partial charge < -0.3 is 10.2 Å². The second-order valence-corrected chi connectivity index (χ2v) is 4.21. The minimum absolute atomic E-state index is 0. The van der Waals surface area contributed by atoms with Crippen LogP contribution in [0.5, 0.6) is 0 Å². The molecule has 1 unspecified atom stereocenters. The highest BCUT2D eigenvalue weighted by Crippen LogP contribution is 2.25. The van der Waals surface area contributed by atoms with E-state index in [0.717, 1.165) is 32.4 Å². The lowest BCUT2D eigenvalue weighted by Gasteiger charge is -2.19. The monoisotopic (exact) mass is 230 g/mol. The molecule has 1 aliphatic carbocycles. The topological polar surface area (TPSA) is 32.3 Å². The molecule has 0 aromatic heterocycles. The van der Waals surface area contributed by atoms with Crippen LogP contribution >= 0.6 is 12.4 Å². The Morgan fingerprint density at radius 3 is 2.73 bits per heavy atom. The van der Waals surface area contributed by atoms with E-state index in [1.54, 1.807) is 0 Å². The van der Waals surface area contributed by atoms with E-state index in [4.69, 9.17) is 0 Å². The molecule has 1 saturated heterocycles. The first-order valence-corrected chi connectivity index (χ1v) is 5.45. The molecule has 0 spiro atoms. The van der Waals surface area contributed by atoms with E-state index in [1.807, 2.05) is 18.0 Å². The molecule has 4 heteroatoms. The van der Waals surface area contributed by atoms with Crippen molar-refractivity contribution in [1.29, 1.82) is 0 Å². The van der Waals surface area contributed by atoms with E-state index in [9.17, 15) is 4.79 Å². The van der Waals surface area contributed by atoms with Crippen molar-refractivity contribution in [2.45, 2.75) is 31.7 Å². The summed E-state index contributed by atoms with van der Waals surface area (Å²) in [6.45, 7) is 1.78. The second kappa shape index (κ2) is 5.52. The number of likely N-dealkylation sites (tertiary alicyclic amines) is 1. The van der Waals surface area contributed by atoms with Crippen molar-refractivity contribution < 1.29 is 4.79 Å². The number of nitrogens with one attached hydrogen (secondary N) is 1. The highest BCUT2D eigenvalue weighted by Gasteiger charge is 2.24. The van der Waals surface area contributed by atoms with E-state index in [1.165, 1.54) is 12.0 Å². The first-order chi connectivity index (χ1) is 6.79. The molecule has 1 atom stereocenters. The van der Waals surface area contributed by atoms with Crippen LogP contribution < -0.4 is 5.32 Å². The Bertz CT molecular complexity index is 259. The molecule has 2 aliphatic rings. The van der Waals surface area contributed by atoms with Crippen LogP contribution in [0.1, 0.15) is 25.7 Å². The minimum atomic E-state index is 0. The van der Waals surface area contributed by atoms with Crippen LogP contribution in [-0.2, 0) is 4.79 Å². The normalized spacial score (nSPS) is 24.5. The Morgan fingerprint density at radius 1 is 1.53 bits per heavy atom. The molecule has 2 rings (SSSR count). The molecule has 0 aromatic rings. The molecule has 1 amide bonds. The van der Waals surface area contributed by atoms with Gasteiger partial charge in [-0.05, 0) is 32.7 Å². The molecule has 2 fully saturated rings. The summed E-state index contributed by atoms with van der Waals surface area (Å²) < 4.78 is 0. The second-order valence-electron chi connectivity index (χ2n) is 4.21. The Hall–Kier alpha value is -0.540. The SMILES string of the molecule is CNC1CCN(C(=O)C=C2CCC2)C1.Cl. The van der Waals surface area contributed by atoms with Gasteiger partial charge >= 0.3 is 0 Å². The van der Waals surface area contributed by atoms with E-state index in [2.05, 4.69) is 5.32 Å². The number of hydrogen-bond acceptors (Lipinski definition) is 2. The number of halogens is 1. The molecule has 1 N–H and O–H groups in total. The fourth-order valence-corrected chi connectivity index (χ4v) is 1.99. The van der Waals surface area contributed by atoms with Crippen LogP contribution in [-0.4, -0.2) is 37.0 Å². The maximum Gasteiger partial charge on any atom is 0.246 e. The lowest BCUT2D eigenvalue weighted by Crippen LogP contribution is -2.32.